The number of rotatable bonds is 1. The number of ether oxygens (including phenoxy) is 1. The van der Waals surface area contributed by atoms with Crippen LogP contribution in [0, 0.1) is 0 Å². The molecule has 1 aromatic rings. The molecule has 0 N–H and O–H groups in total. The molecule has 0 aromatic heterocycles. The van der Waals surface area contributed by atoms with Gasteiger partial charge in [0, 0.05) is 0 Å². The molecule has 0 unspecified atom stereocenters. The van der Waals surface area contributed by atoms with Gasteiger partial charge in [-0.1, -0.05) is 0 Å². The van der Waals surface area contributed by atoms with Gasteiger partial charge in [0.1, 0.15) is 0 Å². The summed E-state index contributed by atoms with van der Waals surface area (Å²) in [5.74, 6) is 0.937. The predicted octanol–water partition coefficient (Wildman–Crippen LogP) is -2.13. The average molecular weight is 208 g/mol. The van der Waals surface area contributed by atoms with E-state index < -0.39 is 0 Å². The summed E-state index contributed by atoms with van der Waals surface area (Å²) in [6, 6.07) is 8.13. The zero-order valence-corrected chi connectivity index (χ0v) is 9.53. The van der Waals surface area contributed by atoms with Crippen LogP contribution < -0.4 is 21.3 Å². The van der Waals surface area contributed by atoms with Crippen molar-refractivity contribution >= 4 is 4.16 Å². The minimum Gasteiger partial charge on any atom is -1.00 e. The number of hydrogen-bond acceptors (Lipinski definition) is 1. The Bertz CT molecular complexity index is 185. The Balaban J connectivity index is 0.000000810. The van der Waals surface area contributed by atoms with Gasteiger partial charge in [-0.15, -0.1) is 0 Å². The van der Waals surface area contributed by atoms with Crippen LogP contribution in [0.15, 0.2) is 24.3 Å². The van der Waals surface area contributed by atoms with E-state index in [9.17, 15) is 0 Å². The van der Waals surface area contributed by atoms with Crippen LogP contribution >= 0.6 is 0 Å². The fraction of sp³-hybridized carbons (Fsp3) is 0.143. The summed E-state index contributed by atoms with van der Waals surface area (Å²) in [7, 11) is 1.68. The number of hydrogen-bond donors (Lipinski definition) is 0. The molecule has 3 heteroatoms. The quantitative estimate of drug-likeness (QED) is 0.479. The molecule has 0 saturated carbocycles. The van der Waals surface area contributed by atoms with E-state index in [4.69, 9.17) is 4.74 Å². The van der Waals surface area contributed by atoms with Crippen molar-refractivity contribution in [3.63, 3.8) is 0 Å². The molecule has 0 aliphatic carbocycles. The molecule has 0 bridgehead atoms. The standard InChI is InChI=1S/C7H7O.ClH.Zn/c1-8-7-5-3-2-4-6-7;;/h3-6H,1H3;1H;/q;;+1/p-1. The van der Waals surface area contributed by atoms with Gasteiger partial charge in [0.05, 0.1) is 0 Å². The van der Waals surface area contributed by atoms with Gasteiger partial charge in [0.15, 0.2) is 0 Å². The van der Waals surface area contributed by atoms with E-state index in [1.807, 2.05) is 12.1 Å². The summed E-state index contributed by atoms with van der Waals surface area (Å²) in [5, 5.41) is 0. The van der Waals surface area contributed by atoms with Gasteiger partial charge in [-0.05, 0) is 0 Å². The van der Waals surface area contributed by atoms with Crippen LogP contribution in [0.2, 0.25) is 0 Å². The summed E-state index contributed by atoms with van der Waals surface area (Å²) < 4.78 is 6.37. The normalized spacial score (nSPS) is 8.30. The minimum atomic E-state index is 0. The second kappa shape index (κ2) is 4.70. The maximum absolute atomic E-state index is 4.98. The van der Waals surface area contributed by atoms with Crippen molar-refractivity contribution in [3.05, 3.63) is 24.3 Å². The zero-order valence-electron chi connectivity index (χ0n) is 5.80. The van der Waals surface area contributed by atoms with Gasteiger partial charge in [-0.25, -0.2) is 0 Å². The Morgan fingerprint density at radius 2 is 1.70 bits per heavy atom. The molecule has 0 saturated heterocycles. The molecule has 0 amide bonds. The fourth-order valence-electron chi connectivity index (χ4n) is 0.626. The van der Waals surface area contributed by atoms with Gasteiger partial charge >= 0.3 is 64.3 Å². The molecule has 0 heterocycles. The molecule has 50 valence electrons. The Labute approximate surface area is 76.9 Å². The molecule has 10 heavy (non-hydrogen) atoms. The summed E-state index contributed by atoms with van der Waals surface area (Å²) in [6.07, 6.45) is 0. The van der Waals surface area contributed by atoms with Crippen molar-refractivity contribution in [3.8, 4) is 5.75 Å². The Morgan fingerprint density at radius 3 is 2.10 bits per heavy atom. The van der Waals surface area contributed by atoms with Gasteiger partial charge in [-0.2, -0.15) is 0 Å². The van der Waals surface area contributed by atoms with Crippen LogP contribution in [0.5, 0.6) is 5.75 Å². The van der Waals surface area contributed by atoms with E-state index in [1.165, 1.54) is 22.5 Å². The van der Waals surface area contributed by atoms with Crippen molar-refractivity contribution < 1.29 is 35.4 Å². The second-order valence-electron chi connectivity index (χ2n) is 1.85. The molecule has 0 fully saturated rings. The summed E-state index contributed by atoms with van der Waals surface area (Å²) in [6.45, 7) is 0. The van der Waals surface area contributed by atoms with E-state index in [1.54, 1.807) is 7.11 Å². The van der Waals surface area contributed by atoms with Crippen molar-refractivity contribution in [1.29, 1.82) is 0 Å². The minimum absolute atomic E-state index is 0. The van der Waals surface area contributed by atoms with E-state index in [0.29, 0.717) is 0 Å². The molecule has 0 aliphatic heterocycles. The molecule has 0 spiro atoms. The Kier molecular flexibility index (Phi) is 4.67. The van der Waals surface area contributed by atoms with Crippen molar-refractivity contribution in [2.45, 2.75) is 0 Å². The molecular formula is C7H7ClOZn. The third-order valence-electron chi connectivity index (χ3n) is 1.16. The van der Waals surface area contributed by atoms with Gasteiger partial charge in [0.25, 0.3) is 0 Å². The molecular weight excluding hydrogens is 201 g/mol. The first-order valence-electron chi connectivity index (χ1n) is 2.79. The van der Waals surface area contributed by atoms with Crippen LogP contribution in [0.3, 0.4) is 0 Å². The first-order valence-corrected chi connectivity index (χ1v) is 4.27. The summed E-state index contributed by atoms with van der Waals surface area (Å²) in [4.78, 5) is 0. The second-order valence-corrected chi connectivity index (χ2v) is 3.56. The van der Waals surface area contributed by atoms with Gasteiger partial charge in [-0.3, -0.25) is 0 Å². The van der Waals surface area contributed by atoms with E-state index in [0.717, 1.165) is 5.75 Å². The molecule has 1 aromatic carbocycles. The van der Waals surface area contributed by atoms with E-state index >= 15 is 0 Å². The molecule has 1 rings (SSSR count). The van der Waals surface area contributed by atoms with Crippen molar-refractivity contribution in [1.82, 2.24) is 0 Å². The molecule has 0 aliphatic rings. The van der Waals surface area contributed by atoms with Crippen LogP contribution in [0.25, 0.3) is 0 Å². The predicted molar refractivity (Wildman–Crippen MR) is 32.6 cm³/mol. The van der Waals surface area contributed by atoms with Crippen LogP contribution in [0.1, 0.15) is 0 Å². The third kappa shape index (κ3) is 2.68. The molecule has 0 radical (unpaired) electrons. The average Bonchev–Trinajstić information content (AvgIpc) is 1.90. The number of methoxy groups -OCH3 is 1. The van der Waals surface area contributed by atoms with Crippen LogP contribution in [-0.2, 0) is 18.3 Å². The van der Waals surface area contributed by atoms with Crippen LogP contribution in [-0.4, -0.2) is 7.11 Å². The molecule has 1 nitrogen and oxygen atoms in total. The van der Waals surface area contributed by atoms with Gasteiger partial charge < -0.3 is 12.4 Å². The number of benzene rings is 1. The van der Waals surface area contributed by atoms with Gasteiger partial charge in [0.2, 0.25) is 0 Å². The summed E-state index contributed by atoms with van der Waals surface area (Å²) in [5.41, 5.74) is 0. The maximum atomic E-state index is 4.98. The van der Waals surface area contributed by atoms with E-state index in [-0.39, 0.29) is 12.4 Å². The topological polar surface area (TPSA) is 9.23 Å². The number of halogens is 1. The molecule has 0 atom stereocenters. The van der Waals surface area contributed by atoms with E-state index in [2.05, 4.69) is 12.1 Å². The Morgan fingerprint density at radius 1 is 1.20 bits per heavy atom. The first kappa shape index (κ1) is 9.93. The largest absolute Gasteiger partial charge is 1.00 e. The van der Waals surface area contributed by atoms with Crippen molar-refractivity contribution in [2.24, 2.45) is 0 Å². The third-order valence-corrected chi connectivity index (χ3v) is 2.15. The first-order chi connectivity index (χ1) is 4.33. The zero-order chi connectivity index (χ0) is 6.69. The van der Waals surface area contributed by atoms with Crippen LogP contribution in [0.4, 0.5) is 0 Å². The SMILES string of the molecule is COc1cc[c]([Zn+])cc1.[Cl-]. The monoisotopic (exact) mass is 206 g/mol. The summed E-state index contributed by atoms with van der Waals surface area (Å²) >= 11 is 1.21. The Hall–Kier alpha value is -0.0666. The maximum Gasteiger partial charge on any atom is -1.00 e. The fourth-order valence-corrected chi connectivity index (χ4v) is 1.12. The smallest absolute Gasteiger partial charge is 1.00 e. The van der Waals surface area contributed by atoms with Crippen molar-refractivity contribution in [2.75, 3.05) is 7.11 Å².